The smallest absolute Gasteiger partial charge is 0.217 e. The number of carbonyl (C=O) groups excluding carboxylic acids is 1. The Bertz CT molecular complexity index is 275. The van der Waals surface area contributed by atoms with Crippen LogP contribution in [0.3, 0.4) is 0 Å². The van der Waals surface area contributed by atoms with E-state index in [1.54, 1.807) is 18.4 Å². The van der Waals surface area contributed by atoms with Gasteiger partial charge in [-0.15, -0.1) is 0 Å². The van der Waals surface area contributed by atoms with Crippen LogP contribution in [0.5, 0.6) is 0 Å². The van der Waals surface area contributed by atoms with Gasteiger partial charge in [0.2, 0.25) is 6.29 Å². The highest BCUT2D eigenvalue weighted by molar-refractivity contribution is 6.30. The molecule has 0 saturated heterocycles. The van der Waals surface area contributed by atoms with Crippen LogP contribution in [-0.2, 0) is 11.2 Å². The van der Waals surface area contributed by atoms with Crippen LogP contribution in [0.2, 0.25) is 5.02 Å². The molecule has 1 atom stereocenters. The summed E-state index contributed by atoms with van der Waals surface area (Å²) >= 11 is 5.73. The molecule has 0 bridgehead atoms. The van der Waals surface area contributed by atoms with Gasteiger partial charge in [-0.25, -0.2) is 0 Å². The minimum absolute atomic E-state index is 0.490. The van der Waals surface area contributed by atoms with Crippen molar-refractivity contribution in [3.05, 3.63) is 34.9 Å². The van der Waals surface area contributed by atoms with E-state index in [4.69, 9.17) is 17.3 Å². The lowest BCUT2D eigenvalue weighted by atomic mass is 10.1. The molecule has 2 N–H and O–H groups in total. The van der Waals surface area contributed by atoms with E-state index >= 15 is 0 Å². The first-order chi connectivity index (χ1) is 5.72. The molecule has 1 aromatic carbocycles. The van der Waals surface area contributed by atoms with Crippen LogP contribution in [0.4, 0.5) is 0 Å². The zero-order valence-corrected chi connectivity index (χ0v) is 7.21. The fourth-order valence-corrected chi connectivity index (χ4v) is 1.17. The molecule has 1 radical (unpaired) electrons. The van der Waals surface area contributed by atoms with Crippen LogP contribution < -0.4 is 5.73 Å². The van der Waals surface area contributed by atoms with E-state index in [0.717, 1.165) is 5.56 Å². The second-order valence-corrected chi connectivity index (χ2v) is 2.99. The summed E-state index contributed by atoms with van der Waals surface area (Å²) in [5.41, 5.74) is 6.35. The SMILES string of the molecule is N[C@H]([C]=O)Cc1cccc(Cl)c1. The van der Waals surface area contributed by atoms with Crippen molar-refractivity contribution in [2.45, 2.75) is 12.5 Å². The van der Waals surface area contributed by atoms with Gasteiger partial charge >= 0.3 is 0 Å². The van der Waals surface area contributed by atoms with E-state index in [2.05, 4.69) is 0 Å². The van der Waals surface area contributed by atoms with Gasteiger partial charge in [-0.3, -0.25) is 4.79 Å². The predicted octanol–water partition coefficient (Wildman–Crippen LogP) is 1.32. The zero-order chi connectivity index (χ0) is 8.97. The monoisotopic (exact) mass is 182 g/mol. The van der Waals surface area contributed by atoms with Crippen molar-refractivity contribution in [2.75, 3.05) is 0 Å². The quantitative estimate of drug-likeness (QED) is 0.766. The van der Waals surface area contributed by atoms with Crippen LogP contribution >= 0.6 is 11.6 Å². The molecule has 0 aliphatic heterocycles. The number of rotatable bonds is 3. The van der Waals surface area contributed by atoms with Crippen LogP contribution in [0.1, 0.15) is 5.56 Å². The second kappa shape index (κ2) is 4.24. The van der Waals surface area contributed by atoms with Crippen LogP contribution in [-0.4, -0.2) is 12.3 Å². The highest BCUT2D eigenvalue weighted by atomic mass is 35.5. The molecule has 0 heterocycles. The van der Waals surface area contributed by atoms with E-state index in [9.17, 15) is 4.79 Å². The summed E-state index contributed by atoms with van der Waals surface area (Å²) in [6.07, 6.45) is 2.21. The lowest BCUT2D eigenvalue weighted by molar-refractivity contribution is 0.541. The summed E-state index contributed by atoms with van der Waals surface area (Å²) in [5, 5.41) is 0.658. The van der Waals surface area contributed by atoms with Crippen molar-refractivity contribution < 1.29 is 4.79 Å². The Balaban J connectivity index is 2.69. The zero-order valence-electron chi connectivity index (χ0n) is 6.46. The van der Waals surface area contributed by atoms with E-state index in [1.807, 2.05) is 12.1 Å². The Kier molecular flexibility index (Phi) is 3.26. The fraction of sp³-hybridized carbons (Fsp3) is 0.222. The van der Waals surface area contributed by atoms with E-state index in [1.165, 1.54) is 0 Å². The number of hydrogen-bond acceptors (Lipinski definition) is 2. The molecular formula is C9H9ClNO. The van der Waals surface area contributed by atoms with E-state index in [0.29, 0.717) is 11.4 Å². The predicted molar refractivity (Wildman–Crippen MR) is 48.8 cm³/mol. The summed E-state index contributed by atoms with van der Waals surface area (Å²) in [7, 11) is 0. The maximum Gasteiger partial charge on any atom is 0.217 e. The molecule has 1 aromatic rings. The molecule has 0 amide bonds. The number of hydrogen-bond donors (Lipinski definition) is 1. The molecule has 0 spiro atoms. The van der Waals surface area contributed by atoms with Crippen molar-refractivity contribution in [2.24, 2.45) is 5.73 Å². The number of halogens is 1. The third-order valence-electron chi connectivity index (χ3n) is 1.50. The first-order valence-electron chi connectivity index (χ1n) is 3.60. The Morgan fingerprint density at radius 2 is 2.33 bits per heavy atom. The van der Waals surface area contributed by atoms with Gasteiger partial charge in [-0.1, -0.05) is 23.7 Å². The van der Waals surface area contributed by atoms with Gasteiger partial charge in [-0.05, 0) is 24.1 Å². The summed E-state index contributed by atoms with van der Waals surface area (Å²) < 4.78 is 0. The van der Waals surface area contributed by atoms with Gasteiger partial charge in [0.15, 0.2) is 0 Å². The Morgan fingerprint density at radius 1 is 1.58 bits per heavy atom. The molecule has 3 heteroatoms. The van der Waals surface area contributed by atoms with Crippen molar-refractivity contribution in [1.29, 1.82) is 0 Å². The highest BCUT2D eigenvalue weighted by Crippen LogP contribution is 2.11. The van der Waals surface area contributed by atoms with Gasteiger partial charge < -0.3 is 5.73 Å². The number of nitrogens with two attached hydrogens (primary N) is 1. The molecule has 0 aliphatic rings. The first-order valence-corrected chi connectivity index (χ1v) is 3.98. The normalized spacial score (nSPS) is 12.5. The lowest BCUT2D eigenvalue weighted by Crippen LogP contribution is -2.23. The summed E-state index contributed by atoms with van der Waals surface area (Å²) in [6.45, 7) is 0. The van der Waals surface area contributed by atoms with Crippen molar-refractivity contribution in [3.8, 4) is 0 Å². The molecule has 0 unspecified atom stereocenters. The molecule has 1 rings (SSSR count). The fourth-order valence-electron chi connectivity index (χ4n) is 0.960. The molecule has 0 aliphatic carbocycles. The third-order valence-corrected chi connectivity index (χ3v) is 1.73. The van der Waals surface area contributed by atoms with Crippen molar-refractivity contribution in [1.82, 2.24) is 0 Å². The minimum Gasteiger partial charge on any atom is -0.321 e. The van der Waals surface area contributed by atoms with Crippen LogP contribution in [0.25, 0.3) is 0 Å². The van der Waals surface area contributed by atoms with Crippen LogP contribution in [0, 0.1) is 0 Å². The van der Waals surface area contributed by atoms with E-state index < -0.39 is 6.04 Å². The first kappa shape index (κ1) is 9.23. The largest absolute Gasteiger partial charge is 0.321 e. The molecule has 0 fully saturated rings. The number of benzene rings is 1. The average molecular weight is 183 g/mol. The van der Waals surface area contributed by atoms with Gasteiger partial charge in [0.25, 0.3) is 0 Å². The average Bonchev–Trinajstić information content (AvgIpc) is 2.04. The van der Waals surface area contributed by atoms with Crippen molar-refractivity contribution in [3.63, 3.8) is 0 Å². The lowest BCUT2D eigenvalue weighted by Gasteiger charge is -2.02. The van der Waals surface area contributed by atoms with Crippen LogP contribution in [0.15, 0.2) is 24.3 Å². The summed E-state index contributed by atoms with van der Waals surface area (Å²) in [6, 6.07) is 6.72. The second-order valence-electron chi connectivity index (χ2n) is 2.56. The Morgan fingerprint density at radius 3 is 2.92 bits per heavy atom. The van der Waals surface area contributed by atoms with E-state index in [-0.39, 0.29) is 0 Å². The molecule has 63 valence electrons. The Hall–Kier alpha value is -0.860. The topological polar surface area (TPSA) is 43.1 Å². The molecule has 2 nitrogen and oxygen atoms in total. The van der Waals surface area contributed by atoms with Crippen molar-refractivity contribution >= 4 is 17.9 Å². The summed E-state index contributed by atoms with van der Waals surface area (Å²) in [5.74, 6) is 0. The standard InChI is InChI=1S/C9H9ClNO/c10-8-3-1-2-7(4-8)5-9(11)6-12/h1-4,9H,5,11H2/t9-/m0/s1. The maximum atomic E-state index is 10.1. The van der Waals surface area contributed by atoms with Gasteiger partial charge in [-0.2, -0.15) is 0 Å². The molecular weight excluding hydrogens is 174 g/mol. The maximum absolute atomic E-state index is 10.1. The minimum atomic E-state index is -0.552. The van der Waals surface area contributed by atoms with Gasteiger partial charge in [0, 0.05) is 5.02 Å². The third kappa shape index (κ3) is 2.64. The molecule has 0 aromatic heterocycles. The van der Waals surface area contributed by atoms with Gasteiger partial charge in [0.05, 0.1) is 6.04 Å². The molecule has 12 heavy (non-hydrogen) atoms. The highest BCUT2D eigenvalue weighted by Gasteiger charge is 2.02. The summed E-state index contributed by atoms with van der Waals surface area (Å²) in [4.78, 5) is 10.1. The Labute approximate surface area is 76.3 Å². The molecule has 0 saturated carbocycles. The van der Waals surface area contributed by atoms with Gasteiger partial charge in [0.1, 0.15) is 0 Å².